The molecule has 0 fully saturated rings. The van der Waals surface area contributed by atoms with Gasteiger partial charge in [-0.3, -0.25) is 4.79 Å². The lowest BCUT2D eigenvalue weighted by atomic mass is 10.0. The third kappa shape index (κ3) is 5.43. The number of rotatable bonds is 8. The Balaban J connectivity index is 1.80. The number of hydrogen-bond acceptors (Lipinski definition) is 4. The highest BCUT2D eigenvalue weighted by Gasteiger charge is 2.07. The molecule has 1 N–H and O–H groups in total. The van der Waals surface area contributed by atoms with Gasteiger partial charge < -0.3 is 9.47 Å². The summed E-state index contributed by atoms with van der Waals surface area (Å²) in [7, 11) is 0. The first-order valence-corrected chi connectivity index (χ1v) is 7.92. The van der Waals surface area contributed by atoms with E-state index in [0.717, 1.165) is 5.56 Å². The summed E-state index contributed by atoms with van der Waals surface area (Å²) in [5.74, 6) is 0.953. The van der Waals surface area contributed by atoms with Crippen LogP contribution in [0.25, 0.3) is 0 Å². The molecule has 1 atom stereocenters. The Kier molecular flexibility index (Phi) is 6.83. The van der Waals surface area contributed by atoms with E-state index in [2.05, 4.69) is 10.5 Å². The minimum Gasteiger partial charge on any atom is -0.490 e. The lowest BCUT2D eigenvalue weighted by Gasteiger charge is -2.10. The predicted octanol–water partition coefficient (Wildman–Crippen LogP) is 3.37. The van der Waals surface area contributed by atoms with Crippen molar-refractivity contribution in [3.63, 3.8) is 0 Å². The molecular formula is C19H22N2O3. The Morgan fingerprint density at radius 2 is 1.71 bits per heavy atom. The van der Waals surface area contributed by atoms with Gasteiger partial charge in [-0.2, -0.15) is 5.10 Å². The zero-order chi connectivity index (χ0) is 17.2. The molecule has 126 valence electrons. The number of amides is 1. The first-order valence-electron chi connectivity index (χ1n) is 7.92. The molecule has 0 saturated carbocycles. The van der Waals surface area contributed by atoms with Crippen molar-refractivity contribution in [2.24, 2.45) is 5.10 Å². The van der Waals surface area contributed by atoms with Gasteiger partial charge in [0.2, 0.25) is 0 Å². The average Bonchev–Trinajstić information content (AvgIpc) is 2.62. The molecule has 5 nitrogen and oxygen atoms in total. The SMILES string of the molecule is CCOc1ccccc1OCC(=O)N/N=C/C(C)c1ccccc1. The topological polar surface area (TPSA) is 59.9 Å². The van der Waals surface area contributed by atoms with Gasteiger partial charge in [-0.25, -0.2) is 5.43 Å². The minimum atomic E-state index is -0.321. The van der Waals surface area contributed by atoms with Crippen molar-refractivity contribution in [1.29, 1.82) is 0 Å². The molecule has 0 aliphatic rings. The summed E-state index contributed by atoms with van der Waals surface area (Å²) in [5, 5.41) is 3.98. The summed E-state index contributed by atoms with van der Waals surface area (Å²) in [6.45, 7) is 4.32. The number of hydrogen-bond donors (Lipinski definition) is 1. The van der Waals surface area contributed by atoms with E-state index in [0.29, 0.717) is 18.1 Å². The highest BCUT2D eigenvalue weighted by Crippen LogP contribution is 2.26. The monoisotopic (exact) mass is 326 g/mol. The lowest BCUT2D eigenvalue weighted by Crippen LogP contribution is -2.25. The average molecular weight is 326 g/mol. The number of carbonyl (C=O) groups is 1. The fraction of sp³-hybridized carbons (Fsp3) is 0.263. The van der Waals surface area contributed by atoms with Crippen LogP contribution < -0.4 is 14.9 Å². The number of ether oxygens (including phenoxy) is 2. The second-order valence-electron chi connectivity index (χ2n) is 5.18. The van der Waals surface area contributed by atoms with Crippen molar-refractivity contribution in [3.8, 4) is 11.5 Å². The fourth-order valence-corrected chi connectivity index (χ4v) is 2.08. The maximum atomic E-state index is 11.8. The first-order chi connectivity index (χ1) is 11.7. The largest absolute Gasteiger partial charge is 0.490 e. The zero-order valence-corrected chi connectivity index (χ0v) is 13.9. The quantitative estimate of drug-likeness (QED) is 0.598. The van der Waals surface area contributed by atoms with E-state index in [1.165, 1.54) is 0 Å². The smallest absolute Gasteiger partial charge is 0.277 e. The van der Waals surface area contributed by atoms with E-state index in [9.17, 15) is 4.79 Å². The molecule has 1 unspecified atom stereocenters. The van der Waals surface area contributed by atoms with E-state index in [1.54, 1.807) is 18.3 Å². The maximum Gasteiger partial charge on any atom is 0.277 e. The number of nitrogens with zero attached hydrogens (tertiary/aromatic N) is 1. The van der Waals surface area contributed by atoms with E-state index >= 15 is 0 Å². The van der Waals surface area contributed by atoms with Crippen molar-refractivity contribution < 1.29 is 14.3 Å². The molecule has 2 aromatic rings. The van der Waals surface area contributed by atoms with Crippen molar-refractivity contribution in [2.75, 3.05) is 13.2 Å². The molecule has 0 heterocycles. The van der Waals surface area contributed by atoms with Crippen LogP contribution >= 0.6 is 0 Å². The van der Waals surface area contributed by atoms with Gasteiger partial charge in [-0.15, -0.1) is 0 Å². The van der Waals surface area contributed by atoms with Crippen molar-refractivity contribution in [2.45, 2.75) is 19.8 Å². The second-order valence-corrected chi connectivity index (χ2v) is 5.18. The molecular weight excluding hydrogens is 304 g/mol. The van der Waals surface area contributed by atoms with Gasteiger partial charge in [0.25, 0.3) is 5.91 Å². The summed E-state index contributed by atoms with van der Waals surface area (Å²) in [4.78, 5) is 11.8. The molecule has 0 radical (unpaired) electrons. The van der Waals surface area contributed by atoms with Gasteiger partial charge in [-0.1, -0.05) is 49.4 Å². The Bertz CT molecular complexity index is 671. The number of carbonyl (C=O) groups excluding carboxylic acids is 1. The van der Waals surface area contributed by atoms with Gasteiger partial charge in [0, 0.05) is 12.1 Å². The highest BCUT2D eigenvalue weighted by molar-refractivity contribution is 5.79. The Hall–Kier alpha value is -2.82. The Labute approximate surface area is 142 Å². The zero-order valence-electron chi connectivity index (χ0n) is 13.9. The molecule has 0 saturated heterocycles. The minimum absolute atomic E-state index is 0.117. The van der Waals surface area contributed by atoms with Gasteiger partial charge in [0.15, 0.2) is 18.1 Å². The van der Waals surface area contributed by atoms with Gasteiger partial charge in [-0.05, 0) is 24.6 Å². The summed E-state index contributed by atoms with van der Waals surface area (Å²) < 4.78 is 10.9. The van der Waals surface area contributed by atoms with Crippen molar-refractivity contribution in [3.05, 3.63) is 60.2 Å². The number of hydrazone groups is 1. The normalized spacial score (nSPS) is 11.9. The van der Waals surface area contributed by atoms with Crippen LogP contribution in [0.15, 0.2) is 59.7 Å². The fourth-order valence-electron chi connectivity index (χ4n) is 2.08. The standard InChI is InChI=1S/C19H22N2O3/c1-3-23-17-11-7-8-12-18(17)24-14-19(22)21-20-13-15(2)16-9-5-4-6-10-16/h4-13,15H,3,14H2,1-2H3,(H,21,22)/b20-13+. The van der Waals surface area contributed by atoms with Gasteiger partial charge >= 0.3 is 0 Å². The van der Waals surface area contributed by atoms with E-state index < -0.39 is 0 Å². The second kappa shape index (κ2) is 9.35. The van der Waals surface area contributed by atoms with Crippen LogP contribution in [0.3, 0.4) is 0 Å². The van der Waals surface area contributed by atoms with Crippen LogP contribution in [0.1, 0.15) is 25.3 Å². The molecule has 1 amide bonds. The molecule has 0 aliphatic carbocycles. The molecule has 0 spiro atoms. The lowest BCUT2D eigenvalue weighted by molar-refractivity contribution is -0.123. The number of nitrogens with one attached hydrogen (secondary N) is 1. The number of benzene rings is 2. The predicted molar refractivity (Wildman–Crippen MR) is 94.6 cm³/mol. The third-order valence-corrected chi connectivity index (χ3v) is 3.32. The third-order valence-electron chi connectivity index (χ3n) is 3.32. The van der Waals surface area contributed by atoms with E-state index in [-0.39, 0.29) is 18.4 Å². The van der Waals surface area contributed by atoms with Crippen LogP contribution in [0.2, 0.25) is 0 Å². The molecule has 0 bridgehead atoms. The molecule has 24 heavy (non-hydrogen) atoms. The van der Waals surface area contributed by atoms with Crippen LogP contribution in [0.5, 0.6) is 11.5 Å². The molecule has 0 aromatic heterocycles. The maximum absolute atomic E-state index is 11.8. The summed E-state index contributed by atoms with van der Waals surface area (Å²) >= 11 is 0. The summed E-state index contributed by atoms with van der Waals surface area (Å²) in [6.07, 6.45) is 1.70. The molecule has 0 aliphatic heterocycles. The Morgan fingerprint density at radius 1 is 1.08 bits per heavy atom. The summed E-state index contributed by atoms with van der Waals surface area (Å²) in [6, 6.07) is 17.2. The van der Waals surface area contributed by atoms with E-state index in [4.69, 9.17) is 9.47 Å². The number of para-hydroxylation sites is 2. The molecule has 5 heteroatoms. The van der Waals surface area contributed by atoms with E-state index in [1.807, 2.05) is 56.3 Å². The van der Waals surface area contributed by atoms with Crippen molar-refractivity contribution in [1.82, 2.24) is 5.43 Å². The van der Waals surface area contributed by atoms with Crippen LogP contribution in [0, 0.1) is 0 Å². The van der Waals surface area contributed by atoms with Crippen molar-refractivity contribution >= 4 is 12.1 Å². The molecule has 2 rings (SSSR count). The highest BCUT2D eigenvalue weighted by atomic mass is 16.5. The first kappa shape index (κ1) is 17.5. The van der Waals surface area contributed by atoms with Crippen LogP contribution in [-0.2, 0) is 4.79 Å². The summed E-state index contributed by atoms with van der Waals surface area (Å²) in [5.41, 5.74) is 3.61. The van der Waals surface area contributed by atoms with Crippen LogP contribution in [0.4, 0.5) is 0 Å². The van der Waals surface area contributed by atoms with Gasteiger partial charge in [0.1, 0.15) is 0 Å². The van der Waals surface area contributed by atoms with Crippen LogP contribution in [-0.4, -0.2) is 25.3 Å². The Morgan fingerprint density at radius 3 is 2.38 bits per heavy atom. The van der Waals surface area contributed by atoms with Gasteiger partial charge in [0.05, 0.1) is 6.61 Å². The molecule has 2 aromatic carbocycles.